The number of hydrogen-bond acceptors (Lipinski definition) is 6. The van der Waals surface area contributed by atoms with Crippen molar-refractivity contribution in [3.63, 3.8) is 0 Å². The fraction of sp³-hybridized carbons (Fsp3) is 0.318. The Bertz CT molecular complexity index is 1060. The predicted octanol–water partition coefficient (Wildman–Crippen LogP) is 3.86. The van der Waals surface area contributed by atoms with Crippen molar-refractivity contribution in [2.24, 2.45) is 0 Å². The Morgan fingerprint density at radius 3 is 2.80 bits per heavy atom. The molecule has 0 radical (unpaired) electrons. The van der Waals surface area contributed by atoms with Crippen molar-refractivity contribution >= 4 is 29.1 Å². The Kier molecular flexibility index (Phi) is 6.23. The average molecular weight is 422 g/mol. The van der Waals surface area contributed by atoms with Crippen molar-refractivity contribution in [3.8, 4) is 5.69 Å². The summed E-state index contributed by atoms with van der Waals surface area (Å²) in [5, 5.41) is 15.3. The van der Waals surface area contributed by atoms with Crippen LogP contribution in [0.15, 0.2) is 47.6 Å². The van der Waals surface area contributed by atoms with E-state index in [-0.39, 0.29) is 17.4 Å². The molecule has 1 N–H and O–H groups in total. The Hall–Kier alpha value is -3.00. The minimum atomic E-state index is 0.00386. The summed E-state index contributed by atoms with van der Waals surface area (Å²) >= 11 is 1.31. The molecule has 2 aromatic carbocycles. The van der Waals surface area contributed by atoms with Crippen molar-refractivity contribution in [3.05, 3.63) is 59.2 Å². The summed E-state index contributed by atoms with van der Waals surface area (Å²) in [6.45, 7) is 2.18. The molecule has 4 rings (SSSR count). The van der Waals surface area contributed by atoms with Gasteiger partial charge in [-0.1, -0.05) is 37.2 Å². The van der Waals surface area contributed by atoms with Crippen LogP contribution in [-0.4, -0.2) is 37.7 Å². The molecule has 2 heterocycles. The summed E-state index contributed by atoms with van der Waals surface area (Å²) < 4.78 is 1.66. The SMILES string of the molecule is CCCCc1ccc(-n2nnnc2SCC(=O)c2ccc3c(c2)CCC(=O)N3)cc1. The monoisotopic (exact) mass is 421 g/mol. The number of benzene rings is 2. The predicted molar refractivity (Wildman–Crippen MR) is 116 cm³/mol. The van der Waals surface area contributed by atoms with E-state index < -0.39 is 0 Å². The first-order valence-electron chi connectivity index (χ1n) is 10.1. The van der Waals surface area contributed by atoms with E-state index in [1.165, 1.54) is 30.2 Å². The van der Waals surface area contributed by atoms with Gasteiger partial charge in [-0.15, -0.1) is 5.10 Å². The molecule has 0 saturated carbocycles. The van der Waals surface area contributed by atoms with Crippen molar-refractivity contribution in [2.45, 2.75) is 44.2 Å². The lowest BCUT2D eigenvalue weighted by molar-refractivity contribution is -0.116. The van der Waals surface area contributed by atoms with Gasteiger partial charge in [-0.3, -0.25) is 9.59 Å². The molecule has 30 heavy (non-hydrogen) atoms. The molecule has 7 nitrogen and oxygen atoms in total. The van der Waals surface area contributed by atoms with Crippen LogP contribution in [0.25, 0.3) is 5.69 Å². The highest BCUT2D eigenvalue weighted by atomic mass is 32.2. The van der Waals surface area contributed by atoms with Crippen LogP contribution in [0.2, 0.25) is 0 Å². The van der Waals surface area contributed by atoms with E-state index in [9.17, 15) is 9.59 Å². The van der Waals surface area contributed by atoms with Gasteiger partial charge < -0.3 is 5.32 Å². The van der Waals surface area contributed by atoms with Gasteiger partial charge in [0.1, 0.15) is 0 Å². The molecular formula is C22H23N5O2S. The van der Waals surface area contributed by atoms with Crippen LogP contribution in [0, 0.1) is 0 Å². The van der Waals surface area contributed by atoms with Gasteiger partial charge in [0.15, 0.2) is 5.78 Å². The van der Waals surface area contributed by atoms with Crippen LogP contribution < -0.4 is 5.32 Å². The number of nitrogens with zero attached hydrogens (tertiary/aromatic N) is 4. The molecule has 0 saturated heterocycles. The summed E-state index contributed by atoms with van der Waals surface area (Å²) in [5.41, 5.74) is 4.60. The van der Waals surface area contributed by atoms with E-state index in [1.54, 1.807) is 16.8 Å². The number of ketones is 1. The van der Waals surface area contributed by atoms with E-state index in [4.69, 9.17) is 0 Å². The fourth-order valence-corrected chi connectivity index (χ4v) is 4.17. The van der Waals surface area contributed by atoms with Gasteiger partial charge in [-0.05, 0) is 71.1 Å². The molecule has 1 amide bonds. The highest BCUT2D eigenvalue weighted by Gasteiger charge is 2.18. The third kappa shape index (κ3) is 4.59. The molecule has 0 unspecified atom stereocenters. The first-order chi connectivity index (χ1) is 14.6. The number of nitrogens with one attached hydrogen (secondary N) is 1. The largest absolute Gasteiger partial charge is 0.326 e. The number of hydrogen-bond donors (Lipinski definition) is 1. The van der Waals surface area contributed by atoms with E-state index in [1.807, 2.05) is 18.2 Å². The Morgan fingerprint density at radius 1 is 1.17 bits per heavy atom. The maximum absolute atomic E-state index is 12.7. The molecule has 1 aromatic heterocycles. The highest BCUT2D eigenvalue weighted by Crippen LogP contribution is 2.25. The minimum Gasteiger partial charge on any atom is -0.326 e. The van der Waals surface area contributed by atoms with E-state index >= 15 is 0 Å². The van der Waals surface area contributed by atoms with Gasteiger partial charge in [0.05, 0.1) is 11.4 Å². The Balaban J connectivity index is 1.42. The maximum atomic E-state index is 12.7. The lowest BCUT2D eigenvalue weighted by Crippen LogP contribution is -2.19. The molecule has 0 bridgehead atoms. The third-order valence-electron chi connectivity index (χ3n) is 5.10. The number of carbonyl (C=O) groups is 2. The minimum absolute atomic E-state index is 0.00386. The number of carbonyl (C=O) groups excluding carboxylic acids is 2. The summed E-state index contributed by atoms with van der Waals surface area (Å²) in [6, 6.07) is 13.6. The van der Waals surface area contributed by atoms with Crippen LogP contribution in [0.5, 0.6) is 0 Å². The quantitative estimate of drug-likeness (QED) is 0.439. The number of fused-ring (bicyclic) bond motifs is 1. The topological polar surface area (TPSA) is 89.8 Å². The third-order valence-corrected chi connectivity index (χ3v) is 6.02. The summed E-state index contributed by atoms with van der Waals surface area (Å²) in [6.07, 6.45) is 4.51. The van der Waals surface area contributed by atoms with Crippen LogP contribution in [0.3, 0.4) is 0 Å². The molecule has 0 atom stereocenters. The van der Waals surface area contributed by atoms with Gasteiger partial charge >= 0.3 is 0 Å². The normalized spacial score (nSPS) is 13.0. The first kappa shape index (κ1) is 20.3. The molecular weight excluding hydrogens is 398 g/mol. The molecule has 0 fully saturated rings. The second kappa shape index (κ2) is 9.21. The number of amides is 1. The fourth-order valence-electron chi connectivity index (χ4n) is 3.39. The number of Topliss-reactive ketones (excluding diaryl/α,β-unsaturated/α-hetero) is 1. The standard InChI is InChI=1S/C22H23N5O2S/c1-2-3-4-15-5-9-18(10-6-15)27-22(24-25-26-27)30-14-20(28)17-7-11-19-16(13-17)8-12-21(29)23-19/h5-7,9-11,13H,2-4,8,12,14H2,1H3,(H,23,29). The van der Waals surface area contributed by atoms with Crippen LogP contribution >= 0.6 is 11.8 Å². The van der Waals surface area contributed by atoms with Crippen molar-refractivity contribution < 1.29 is 9.59 Å². The van der Waals surface area contributed by atoms with Gasteiger partial charge in [-0.25, -0.2) is 0 Å². The Labute approximate surface area is 179 Å². The highest BCUT2D eigenvalue weighted by molar-refractivity contribution is 7.99. The Morgan fingerprint density at radius 2 is 2.00 bits per heavy atom. The van der Waals surface area contributed by atoms with Crippen molar-refractivity contribution in [1.82, 2.24) is 20.2 Å². The molecule has 8 heteroatoms. The summed E-state index contributed by atoms with van der Waals surface area (Å²) in [5.74, 6) is 0.256. The van der Waals surface area contributed by atoms with Gasteiger partial charge in [0, 0.05) is 17.7 Å². The molecule has 154 valence electrons. The van der Waals surface area contributed by atoms with Crippen LogP contribution in [0.4, 0.5) is 5.69 Å². The number of aryl methyl sites for hydroxylation is 2. The number of rotatable bonds is 8. The molecule has 1 aliphatic heterocycles. The number of anilines is 1. The van der Waals surface area contributed by atoms with Crippen molar-refractivity contribution in [1.29, 1.82) is 0 Å². The summed E-state index contributed by atoms with van der Waals surface area (Å²) in [7, 11) is 0. The van der Waals surface area contributed by atoms with Gasteiger partial charge in [-0.2, -0.15) is 4.68 Å². The van der Waals surface area contributed by atoms with E-state index in [2.05, 4.69) is 39.9 Å². The number of thioether (sulfide) groups is 1. The van der Waals surface area contributed by atoms with E-state index in [0.29, 0.717) is 23.6 Å². The zero-order valence-corrected chi connectivity index (χ0v) is 17.6. The van der Waals surface area contributed by atoms with Crippen LogP contribution in [0.1, 0.15) is 47.7 Å². The number of tetrazole rings is 1. The molecule has 0 spiro atoms. The molecule has 0 aliphatic carbocycles. The van der Waals surface area contributed by atoms with Gasteiger partial charge in [0.25, 0.3) is 0 Å². The maximum Gasteiger partial charge on any atom is 0.224 e. The number of aromatic nitrogens is 4. The number of unbranched alkanes of at least 4 members (excludes halogenated alkanes) is 1. The lowest BCUT2D eigenvalue weighted by atomic mass is 9.99. The average Bonchev–Trinajstić information content (AvgIpc) is 3.24. The molecule has 3 aromatic rings. The molecule has 1 aliphatic rings. The van der Waals surface area contributed by atoms with Crippen LogP contribution in [-0.2, 0) is 17.6 Å². The zero-order valence-electron chi connectivity index (χ0n) is 16.8. The zero-order chi connectivity index (χ0) is 20.9. The van der Waals surface area contributed by atoms with Gasteiger partial charge in [0.2, 0.25) is 11.1 Å². The van der Waals surface area contributed by atoms with E-state index in [0.717, 1.165) is 23.4 Å². The second-order valence-corrected chi connectivity index (χ2v) is 8.22. The summed E-state index contributed by atoms with van der Waals surface area (Å²) in [4.78, 5) is 24.2. The smallest absolute Gasteiger partial charge is 0.224 e. The van der Waals surface area contributed by atoms with Crippen molar-refractivity contribution in [2.75, 3.05) is 11.1 Å². The first-order valence-corrected chi connectivity index (χ1v) is 11.1. The lowest BCUT2D eigenvalue weighted by Gasteiger charge is -2.17. The second-order valence-electron chi connectivity index (χ2n) is 7.28.